The van der Waals surface area contributed by atoms with Gasteiger partial charge in [0.05, 0.1) is 5.92 Å². The normalized spacial score (nSPS) is 17.7. The molecule has 1 aromatic carbocycles. The summed E-state index contributed by atoms with van der Waals surface area (Å²) in [6.45, 7) is 0. The average Bonchev–Trinajstić information content (AvgIpc) is 2.92. The third-order valence-electron chi connectivity index (χ3n) is 2.69. The molecule has 0 heterocycles. The molecule has 0 bridgehead atoms. The van der Waals surface area contributed by atoms with Crippen LogP contribution >= 0.6 is 0 Å². The Morgan fingerprint density at radius 3 is 2.57 bits per heavy atom. The summed E-state index contributed by atoms with van der Waals surface area (Å²) in [6, 6.07) is 7.23. The fourth-order valence-electron chi connectivity index (χ4n) is 1.81. The molecule has 0 aliphatic heterocycles. The van der Waals surface area contributed by atoms with Gasteiger partial charge in [-0.25, -0.2) is 0 Å². The van der Waals surface area contributed by atoms with E-state index >= 15 is 0 Å². The predicted molar refractivity (Wildman–Crippen MR) is 54.0 cm³/mol. The lowest BCUT2D eigenvalue weighted by Crippen LogP contribution is -2.15. The summed E-state index contributed by atoms with van der Waals surface area (Å²) >= 11 is 0. The largest absolute Gasteiger partial charge is 0.481 e. The first-order chi connectivity index (χ1) is 6.70. The van der Waals surface area contributed by atoms with E-state index in [1.54, 1.807) is 6.07 Å². The van der Waals surface area contributed by atoms with Gasteiger partial charge in [-0.15, -0.1) is 0 Å². The van der Waals surface area contributed by atoms with Gasteiger partial charge in [0.2, 0.25) is 0 Å². The maximum absolute atomic E-state index is 11.1. The first-order valence-electron chi connectivity index (χ1n) is 4.77. The van der Waals surface area contributed by atoms with Gasteiger partial charge in [0.1, 0.15) is 0 Å². The molecule has 1 aliphatic rings. The number of carboxylic acids is 1. The minimum absolute atomic E-state index is 0.289. The molecule has 0 radical (unpaired) electrons. The highest BCUT2D eigenvalue weighted by Crippen LogP contribution is 2.44. The minimum atomic E-state index is -0.759. The molecule has 1 unspecified atom stereocenters. The lowest BCUT2D eigenvalue weighted by Gasteiger charge is -2.13. The molecule has 1 fully saturated rings. The lowest BCUT2D eigenvalue weighted by atomic mass is 9.93. The van der Waals surface area contributed by atoms with Crippen LogP contribution in [-0.4, -0.2) is 11.1 Å². The number of hydrogen-bond donors (Lipinski definition) is 2. The molecule has 0 spiro atoms. The molecule has 1 saturated carbocycles. The van der Waals surface area contributed by atoms with E-state index in [0.29, 0.717) is 5.69 Å². The van der Waals surface area contributed by atoms with Crippen LogP contribution in [0.5, 0.6) is 0 Å². The quantitative estimate of drug-likeness (QED) is 0.716. The fourth-order valence-corrected chi connectivity index (χ4v) is 1.81. The number of carboxylic acid groups (broad SMARTS) is 1. The average molecular weight is 191 g/mol. The molecule has 3 nitrogen and oxygen atoms in total. The Kier molecular flexibility index (Phi) is 2.15. The number of para-hydroxylation sites is 1. The van der Waals surface area contributed by atoms with Gasteiger partial charge in [0, 0.05) is 5.69 Å². The zero-order valence-electron chi connectivity index (χ0n) is 7.81. The SMILES string of the molecule is Nc1ccccc1C(C(=O)O)C1CC1. The van der Waals surface area contributed by atoms with Crippen LogP contribution in [0.4, 0.5) is 5.69 Å². The van der Waals surface area contributed by atoms with Crippen molar-refractivity contribution in [1.29, 1.82) is 0 Å². The summed E-state index contributed by atoms with van der Waals surface area (Å²) in [4.78, 5) is 11.1. The Balaban J connectivity index is 2.35. The van der Waals surface area contributed by atoms with Crippen molar-refractivity contribution in [2.75, 3.05) is 5.73 Å². The Labute approximate surface area is 82.5 Å². The summed E-state index contributed by atoms with van der Waals surface area (Å²) < 4.78 is 0. The molecule has 1 aromatic rings. The maximum atomic E-state index is 11.1. The zero-order chi connectivity index (χ0) is 10.1. The molecule has 3 N–H and O–H groups in total. The second kappa shape index (κ2) is 3.33. The molecular formula is C11H13NO2. The van der Waals surface area contributed by atoms with E-state index in [-0.39, 0.29) is 5.92 Å². The van der Waals surface area contributed by atoms with Crippen molar-refractivity contribution < 1.29 is 9.90 Å². The van der Waals surface area contributed by atoms with Crippen LogP contribution in [0, 0.1) is 5.92 Å². The smallest absolute Gasteiger partial charge is 0.311 e. The highest BCUT2D eigenvalue weighted by atomic mass is 16.4. The van der Waals surface area contributed by atoms with Crippen molar-refractivity contribution in [3.63, 3.8) is 0 Å². The van der Waals surface area contributed by atoms with Crippen LogP contribution < -0.4 is 5.73 Å². The molecular weight excluding hydrogens is 178 g/mol. The van der Waals surface area contributed by atoms with E-state index in [0.717, 1.165) is 18.4 Å². The fraction of sp³-hybridized carbons (Fsp3) is 0.364. The van der Waals surface area contributed by atoms with Gasteiger partial charge < -0.3 is 10.8 Å². The second-order valence-corrected chi connectivity index (χ2v) is 3.78. The summed E-state index contributed by atoms with van der Waals surface area (Å²) in [5, 5.41) is 9.11. The van der Waals surface area contributed by atoms with Gasteiger partial charge in [-0.05, 0) is 30.4 Å². The number of benzene rings is 1. The summed E-state index contributed by atoms with van der Waals surface area (Å²) in [6.07, 6.45) is 2.01. The van der Waals surface area contributed by atoms with Gasteiger partial charge in [-0.2, -0.15) is 0 Å². The third kappa shape index (κ3) is 1.58. The first-order valence-corrected chi connectivity index (χ1v) is 4.77. The summed E-state index contributed by atoms with van der Waals surface area (Å²) in [5.41, 5.74) is 7.12. The lowest BCUT2D eigenvalue weighted by molar-refractivity contribution is -0.139. The number of carbonyl (C=O) groups is 1. The molecule has 0 amide bonds. The van der Waals surface area contributed by atoms with Crippen LogP contribution in [0.15, 0.2) is 24.3 Å². The number of nitrogens with two attached hydrogens (primary N) is 1. The van der Waals surface area contributed by atoms with Crippen LogP contribution in [0.25, 0.3) is 0 Å². The molecule has 0 aromatic heterocycles. The second-order valence-electron chi connectivity index (χ2n) is 3.78. The molecule has 14 heavy (non-hydrogen) atoms. The molecule has 3 heteroatoms. The Morgan fingerprint density at radius 1 is 1.43 bits per heavy atom. The Hall–Kier alpha value is -1.51. The zero-order valence-corrected chi connectivity index (χ0v) is 7.81. The maximum Gasteiger partial charge on any atom is 0.311 e. The molecule has 1 atom stereocenters. The van der Waals surface area contributed by atoms with Crippen molar-refractivity contribution >= 4 is 11.7 Å². The monoisotopic (exact) mass is 191 g/mol. The van der Waals surface area contributed by atoms with E-state index in [2.05, 4.69) is 0 Å². The minimum Gasteiger partial charge on any atom is -0.481 e. The van der Waals surface area contributed by atoms with Crippen molar-refractivity contribution in [3.8, 4) is 0 Å². The van der Waals surface area contributed by atoms with E-state index in [1.807, 2.05) is 18.2 Å². The topological polar surface area (TPSA) is 63.3 Å². The number of rotatable bonds is 3. The number of anilines is 1. The standard InChI is InChI=1S/C11H13NO2/c12-9-4-2-1-3-8(9)10(11(13)14)7-5-6-7/h1-4,7,10H,5-6,12H2,(H,13,14). The third-order valence-corrected chi connectivity index (χ3v) is 2.69. The van der Waals surface area contributed by atoms with E-state index in [4.69, 9.17) is 10.8 Å². The van der Waals surface area contributed by atoms with Crippen molar-refractivity contribution in [1.82, 2.24) is 0 Å². The van der Waals surface area contributed by atoms with Crippen molar-refractivity contribution in [2.45, 2.75) is 18.8 Å². The van der Waals surface area contributed by atoms with Crippen LogP contribution in [-0.2, 0) is 4.79 Å². The highest BCUT2D eigenvalue weighted by molar-refractivity contribution is 5.79. The molecule has 74 valence electrons. The highest BCUT2D eigenvalue weighted by Gasteiger charge is 2.38. The summed E-state index contributed by atoms with van der Waals surface area (Å²) in [5.74, 6) is -0.876. The van der Waals surface area contributed by atoms with E-state index < -0.39 is 11.9 Å². The van der Waals surface area contributed by atoms with Gasteiger partial charge >= 0.3 is 5.97 Å². The van der Waals surface area contributed by atoms with Crippen LogP contribution in [0.2, 0.25) is 0 Å². The predicted octanol–water partition coefficient (Wildman–Crippen LogP) is 1.85. The number of aliphatic carboxylic acids is 1. The van der Waals surface area contributed by atoms with Crippen molar-refractivity contribution in [2.24, 2.45) is 5.92 Å². The van der Waals surface area contributed by atoms with Gasteiger partial charge in [0.15, 0.2) is 0 Å². The van der Waals surface area contributed by atoms with Crippen LogP contribution in [0.3, 0.4) is 0 Å². The summed E-state index contributed by atoms with van der Waals surface area (Å²) in [7, 11) is 0. The Bertz CT molecular complexity index is 358. The molecule has 2 rings (SSSR count). The van der Waals surface area contributed by atoms with Gasteiger partial charge in [0.25, 0.3) is 0 Å². The van der Waals surface area contributed by atoms with Gasteiger partial charge in [-0.3, -0.25) is 4.79 Å². The Morgan fingerprint density at radius 2 is 2.07 bits per heavy atom. The number of nitrogen functional groups attached to an aromatic ring is 1. The van der Waals surface area contributed by atoms with Crippen molar-refractivity contribution in [3.05, 3.63) is 29.8 Å². The van der Waals surface area contributed by atoms with E-state index in [9.17, 15) is 4.79 Å². The van der Waals surface area contributed by atoms with Crippen LogP contribution in [0.1, 0.15) is 24.3 Å². The molecule has 0 saturated heterocycles. The molecule has 1 aliphatic carbocycles. The number of hydrogen-bond acceptors (Lipinski definition) is 2. The van der Waals surface area contributed by atoms with Gasteiger partial charge in [-0.1, -0.05) is 18.2 Å². The van der Waals surface area contributed by atoms with E-state index in [1.165, 1.54) is 0 Å². The first kappa shape index (κ1) is 9.06.